The summed E-state index contributed by atoms with van der Waals surface area (Å²) < 4.78 is 10.9. The summed E-state index contributed by atoms with van der Waals surface area (Å²) >= 11 is 12.0. The third-order valence-electron chi connectivity index (χ3n) is 5.83. The Hall–Kier alpha value is -1.59. The highest BCUT2D eigenvalue weighted by Gasteiger charge is 2.46. The van der Waals surface area contributed by atoms with Crippen molar-refractivity contribution in [3.05, 3.63) is 27.7 Å². The quantitative estimate of drug-likeness (QED) is 0.0790. The van der Waals surface area contributed by atoms with Gasteiger partial charge in [0, 0.05) is 5.02 Å². The van der Waals surface area contributed by atoms with Crippen LogP contribution in [-0.4, -0.2) is 24.8 Å². The maximum Gasteiger partial charge on any atom is 0.328 e. The summed E-state index contributed by atoms with van der Waals surface area (Å²) in [6.07, 6.45) is 11.4. The lowest BCUT2D eigenvalue weighted by Crippen LogP contribution is -2.42. The van der Waals surface area contributed by atoms with Gasteiger partial charge < -0.3 is 9.47 Å². The first-order valence-corrected chi connectivity index (χ1v) is 12.5. The van der Waals surface area contributed by atoms with Gasteiger partial charge in [0.15, 0.2) is 17.5 Å². The van der Waals surface area contributed by atoms with Gasteiger partial charge in [0.05, 0.1) is 17.2 Å². The molecule has 5 nitrogen and oxygen atoms in total. The molecule has 1 rings (SSSR count). The van der Waals surface area contributed by atoms with Crippen molar-refractivity contribution in [1.82, 2.24) is 0 Å². The largest absolute Gasteiger partial charge is 0.465 e. The summed E-state index contributed by atoms with van der Waals surface area (Å²) in [5, 5.41) is 0.270. The van der Waals surface area contributed by atoms with Crippen LogP contribution in [0, 0.1) is 5.41 Å². The molecule has 0 unspecified atom stereocenters. The third-order valence-corrected chi connectivity index (χ3v) is 6.33. The normalized spacial score (nSPS) is 11.3. The zero-order valence-electron chi connectivity index (χ0n) is 19.5. The minimum absolute atomic E-state index is 0.0251. The Morgan fingerprint density at radius 2 is 1.44 bits per heavy atom. The van der Waals surface area contributed by atoms with Gasteiger partial charge >= 0.3 is 11.9 Å². The van der Waals surface area contributed by atoms with Gasteiger partial charge in [-0.3, -0.25) is 14.4 Å². The van der Waals surface area contributed by atoms with Crippen molar-refractivity contribution in [2.75, 3.05) is 6.61 Å². The zero-order chi connectivity index (χ0) is 24.0. The summed E-state index contributed by atoms with van der Waals surface area (Å²) in [5.41, 5.74) is -1.41. The highest BCUT2D eigenvalue weighted by molar-refractivity contribution is 6.36. The first-order valence-electron chi connectivity index (χ1n) is 11.7. The Morgan fingerprint density at radius 1 is 0.875 bits per heavy atom. The Balaban J connectivity index is 2.62. The monoisotopic (exact) mass is 486 g/mol. The van der Waals surface area contributed by atoms with Crippen LogP contribution >= 0.6 is 23.2 Å². The topological polar surface area (TPSA) is 69.7 Å². The van der Waals surface area contributed by atoms with E-state index in [9.17, 15) is 14.4 Å². The summed E-state index contributed by atoms with van der Waals surface area (Å²) in [7, 11) is 0. The fourth-order valence-electron chi connectivity index (χ4n) is 3.59. The Kier molecular flexibility index (Phi) is 13.6. The summed E-state index contributed by atoms with van der Waals surface area (Å²) in [6.45, 7) is 5.94. The molecule has 0 saturated heterocycles. The molecule has 0 spiro atoms. The van der Waals surface area contributed by atoms with Crippen LogP contribution in [0.2, 0.25) is 10.0 Å². The molecule has 1 aromatic rings. The number of unbranched alkanes of at least 4 members (excludes halogenated alkanes) is 8. The number of benzene rings is 1. The van der Waals surface area contributed by atoms with E-state index >= 15 is 0 Å². The molecule has 0 saturated carbocycles. The lowest BCUT2D eigenvalue weighted by molar-refractivity contribution is -0.168. The molecule has 0 bridgehead atoms. The molecule has 0 atom stereocenters. The minimum Gasteiger partial charge on any atom is -0.465 e. The molecule has 0 radical (unpaired) electrons. The van der Waals surface area contributed by atoms with E-state index in [1.54, 1.807) is 13.8 Å². The second-order valence-electron chi connectivity index (χ2n) is 8.07. The van der Waals surface area contributed by atoms with Gasteiger partial charge in [0.2, 0.25) is 0 Å². The smallest absolute Gasteiger partial charge is 0.328 e. The van der Waals surface area contributed by atoms with Crippen LogP contribution in [0.4, 0.5) is 0 Å². The van der Waals surface area contributed by atoms with Crippen molar-refractivity contribution in [2.24, 2.45) is 5.41 Å². The van der Waals surface area contributed by atoms with Gasteiger partial charge in [-0.2, -0.15) is 0 Å². The number of hydrogen-bond donors (Lipinski definition) is 0. The Morgan fingerprint density at radius 3 is 1.97 bits per heavy atom. The number of aldehydes is 1. The van der Waals surface area contributed by atoms with Crippen molar-refractivity contribution < 1.29 is 23.9 Å². The van der Waals surface area contributed by atoms with E-state index in [0.29, 0.717) is 6.29 Å². The van der Waals surface area contributed by atoms with Crippen LogP contribution < -0.4 is 4.74 Å². The Labute approximate surface area is 202 Å². The number of hydrogen-bond acceptors (Lipinski definition) is 5. The molecule has 0 aliphatic carbocycles. The van der Waals surface area contributed by atoms with Crippen LogP contribution in [0.3, 0.4) is 0 Å². The van der Waals surface area contributed by atoms with Crippen LogP contribution in [0.5, 0.6) is 5.75 Å². The van der Waals surface area contributed by atoms with E-state index in [1.807, 2.05) is 0 Å². The predicted molar refractivity (Wildman–Crippen MR) is 129 cm³/mol. The molecule has 0 fully saturated rings. The van der Waals surface area contributed by atoms with E-state index in [1.165, 1.54) is 50.7 Å². The van der Waals surface area contributed by atoms with Crippen LogP contribution in [0.15, 0.2) is 12.1 Å². The van der Waals surface area contributed by atoms with Gasteiger partial charge in [-0.05, 0) is 31.4 Å². The van der Waals surface area contributed by atoms with E-state index < -0.39 is 17.4 Å². The lowest BCUT2D eigenvalue weighted by Gasteiger charge is -2.27. The van der Waals surface area contributed by atoms with Crippen molar-refractivity contribution in [2.45, 2.75) is 91.4 Å². The third kappa shape index (κ3) is 8.40. The fourth-order valence-corrected chi connectivity index (χ4v) is 4.14. The molecule has 0 amide bonds. The number of halogens is 2. The molecule has 0 N–H and O–H groups in total. The van der Waals surface area contributed by atoms with Gasteiger partial charge in [0.1, 0.15) is 0 Å². The number of ether oxygens (including phenoxy) is 2. The van der Waals surface area contributed by atoms with Crippen molar-refractivity contribution in [1.29, 1.82) is 0 Å². The molecule has 180 valence electrons. The molecule has 1 aromatic carbocycles. The van der Waals surface area contributed by atoms with Gasteiger partial charge in [-0.15, -0.1) is 0 Å². The first-order chi connectivity index (χ1) is 15.4. The molecule has 0 heterocycles. The molecule has 32 heavy (non-hydrogen) atoms. The number of carbonyl (C=O) groups excluding carboxylic acids is 3. The maximum atomic E-state index is 13.0. The highest BCUT2D eigenvalue weighted by atomic mass is 35.5. The van der Waals surface area contributed by atoms with E-state index in [2.05, 4.69) is 6.92 Å². The van der Waals surface area contributed by atoms with Crippen LogP contribution in [-0.2, 0) is 14.3 Å². The van der Waals surface area contributed by atoms with Crippen molar-refractivity contribution >= 4 is 41.4 Å². The second-order valence-corrected chi connectivity index (χ2v) is 8.91. The van der Waals surface area contributed by atoms with Crippen LogP contribution in [0.1, 0.15) is 102 Å². The predicted octanol–water partition coefficient (Wildman–Crippen LogP) is 7.59. The van der Waals surface area contributed by atoms with Gasteiger partial charge in [0.25, 0.3) is 0 Å². The molecular formula is C25H36Cl2O5. The summed E-state index contributed by atoms with van der Waals surface area (Å²) in [4.78, 5) is 37.2. The molecule has 0 aliphatic rings. The Bertz CT molecular complexity index is 744. The molecule has 0 aliphatic heterocycles. The molecular weight excluding hydrogens is 451 g/mol. The average Bonchev–Trinajstić information content (AvgIpc) is 2.77. The van der Waals surface area contributed by atoms with Crippen molar-refractivity contribution in [3.63, 3.8) is 0 Å². The van der Waals surface area contributed by atoms with Crippen LogP contribution in [0.25, 0.3) is 0 Å². The summed E-state index contributed by atoms with van der Waals surface area (Å²) in [6, 6.07) is 2.73. The zero-order valence-corrected chi connectivity index (χ0v) is 21.0. The number of rotatable bonds is 16. The van der Waals surface area contributed by atoms with E-state index in [-0.39, 0.29) is 40.8 Å². The van der Waals surface area contributed by atoms with Gasteiger partial charge in [-0.1, -0.05) is 95.3 Å². The lowest BCUT2D eigenvalue weighted by atomic mass is 9.82. The molecule has 0 aromatic heterocycles. The standard InChI is InChI=1S/C25H36Cl2O5/c1-4-7-8-9-10-11-12-13-14-15-31-23(29)25(5-2,6-3)24(30)32-22-19(18-28)16-20(26)17-21(22)27/h16-18H,4-15H2,1-3H3. The van der Waals surface area contributed by atoms with E-state index in [4.69, 9.17) is 32.7 Å². The first kappa shape index (κ1) is 28.4. The van der Waals surface area contributed by atoms with E-state index in [0.717, 1.165) is 19.3 Å². The number of carbonyl (C=O) groups is 3. The molecule has 7 heteroatoms. The second kappa shape index (κ2) is 15.3. The highest BCUT2D eigenvalue weighted by Crippen LogP contribution is 2.36. The fraction of sp³-hybridized carbons (Fsp3) is 0.640. The van der Waals surface area contributed by atoms with Gasteiger partial charge in [-0.25, -0.2) is 0 Å². The maximum absolute atomic E-state index is 13.0. The number of esters is 2. The van der Waals surface area contributed by atoms with Crippen molar-refractivity contribution in [3.8, 4) is 5.75 Å². The minimum atomic E-state index is -1.46. The SMILES string of the molecule is CCCCCCCCCCCOC(=O)C(CC)(CC)C(=O)Oc1c(Cl)cc(Cl)cc1C=O. The average molecular weight is 487 g/mol. The summed E-state index contributed by atoms with van der Waals surface area (Å²) in [5.74, 6) is -1.49.